The molecule has 9 heteroatoms. The molecule has 2 aliphatic carbocycles. The number of aryl methyl sites for hydroxylation is 3. The topological polar surface area (TPSA) is 0 Å². The molecule has 0 N–H and O–H groups in total. The van der Waals surface area contributed by atoms with Gasteiger partial charge in [-0.2, -0.15) is 0 Å². The predicted molar refractivity (Wildman–Crippen MR) is 193 cm³/mol. The fourth-order valence-corrected chi connectivity index (χ4v) is 16.8. The van der Waals surface area contributed by atoms with Crippen LogP contribution in [0.3, 0.4) is 0 Å². The average molecular weight is 849 g/mol. The molecule has 4 aromatic carbocycles. The molecule has 1 unspecified atom stereocenters. The Labute approximate surface area is 329 Å². The van der Waals surface area contributed by atoms with Gasteiger partial charge in [-0.15, -0.1) is 0 Å². The Bertz CT molecular complexity index is 2050. The largest absolute Gasteiger partial charge is 1.00 e. The summed E-state index contributed by atoms with van der Waals surface area (Å²) in [5, 5.41) is 0. The van der Waals surface area contributed by atoms with E-state index in [0.717, 1.165) is 52.3 Å². The van der Waals surface area contributed by atoms with E-state index < -0.39 is 44.7 Å². The molecule has 6 rings (SSSR count). The van der Waals surface area contributed by atoms with Crippen LogP contribution in [-0.2, 0) is 40.0 Å². The van der Waals surface area contributed by atoms with Crippen LogP contribution in [0.4, 0.5) is 26.3 Å². The number of alkyl halides is 6. The molecule has 2 aliphatic rings. The third-order valence-corrected chi connectivity index (χ3v) is 18.9. The molecule has 0 amide bonds. The summed E-state index contributed by atoms with van der Waals surface area (Å²) in [6, 6.07) is 17.4. The normalized spacial score (nSPS) is 15.0. The standard InChI is InChI=1S/C17H17.C15H8F6.C12H19.2ClH.Zr/c1-10-5-14-9-15-6-11(2)13(4)8-17(15)16(14)7-12(10)3;16-14(17,18)12-5-1-10(2-6-12)9-11-3-7-13(8-4-11)15(19,20)21;1-5-6-10-7-8-11(9-10)12(2,3)4;;;/h5,7-8H,9H2,1-4H3;1-8H;8-10H,5-6H2,1-4H3;2*1H;/q;;;;;+2/p-2. The molecule has 53 heavy (non-hydrogen) atoms. The second-order valence-corrected chi connectivity index (χ2v) is 21.0. The van der Waals surface area contributed by atoms with E-state index in [-0.39, 0.29) is 36.1 Å². The molecule has 280 valence electrons. The Balaban J connectivity index is 0.00000314. The van der Waals surface area contributed by atoms with Gasteiger partial charge in [-0.1, -0.05) is 0 Å². The van der Waals surface area contributed by atoms with Crippen molar-refractivity contribution in [2.45, 2.75) is 87.0 Å². The van der Waals surface area contributed by atoms with Crippen LogP contribution in [0.25, 0.3) is 11.1 Å². The maximum atomic E-state index is 13.9. The molecule has 0 heterocycles. The molecule has 0 spiro atoms. The molecule has 1 atom stereocenters. The van der Waals surface area contributed by atoms with Crippen molar-refractivity contribution in [1.29, 1.82) is 0 Å². The fourth-order valence-electron chi connectivity index (χ4n) is 7.62. The third-order valence-electron chi connectivity index (χ3n) is 10.7. The predicted octanol–water partition coefficient (Wildman–Crippen LogP) is 6.34. The molecule has 0 aromatic heterocycles. The number of fused-ring (bicyclic) bond motifs is 3. The van der Waals surface area contributed by atoms with Crippen LogP contribution in [0.2, 0.25) is 0 Å². The molecule has 0 aliphatic heterocycles. The van der Waals surface area contributed by atoms with Crippen LogP contribution in [0, 0.1) is 39.0 Å². The minimum absolute atomic E-state index is 0. The maximum Gasteiger partial charge on any atom is -1.00 e. The molecule has 0 saturated carbocycles. The SMILES string of the molecule is CCCC1C=C(C(C)(C)C)C=[C]1[Zr+2](=[C](c1ccc(C(F)(F)F)cc1)c1ccc(C(F)(F)F)cc1)[c]1c(C)c(C)cc2c1Cc1cc(C)c(C)cc1-2.[Cl-].[Cl-]. The molecule has 4 aromatic rings. The van der Waals surface area contributed by atoms with Crippen LogP contribution in [0.1, 0.15) is 96.2 Å². The first kappa shape index (κ1) is 43.0. The second kappa shape index (κ2) is 15.8. The van der Waals surface area contributed by atoms with Gasteiger partial charge in [-0.25, -0.2) is 0 Å². The van der Waals surface area contributed by atoms with Crippen LogP contribution in [0.15, 0.2) is 87.7 Å². The zero-order chi connectivity index (χ0) is 37.2. The molecule has 0 bridgehead atoms. The summed E-state index contributed by atoms with van der Waals surface area (Å²) in [5.74, 6) is 0.126. The maximum absolute atomic E-state index is 13.9. The van der Waals surface area contributed by atoms with Crippen molar-refractivity contribution in [3.8, 4) is 11.1 Å². The molecule has 0 radical (unpaired) electrons. The average Bonchev–Trinajstić information content (AvgIpc) is 3.62. The van der Waals surface area contributed by atoms with Gasteiger partial charge >= 0.3 is 307 Å². The zero-order valence-electron chi connectivity index (χ0n) is 31.2. The van der Waals surface area contributed by atoms with Crippen molar-refractivity contribution in [3.63, 3.8) is 0 Å². The molecule has 0 fully saturated rings. The molecule has 0 saturated heterocycles. The summed E-state index contributed by atoms with van der Waals surface area (Å²) in [5.41, 5.74) is 10.5. The fraction of sp³-hybridized carbons (Fsp3) is 0.341. The monoisotopic (exact) mass is 846 g/mol. The minimum atomic E-state index is -4.52. The number of allylic oxidation sites excluding steroid dienone is 4. The van der Waals surface area contributed by atoms with E-state index >= 15 is 0 Å². The first-order chi connectivity index (χ1) is 23.8. The van der Waals surface area contributed by atoms with E-state index in [2.05, 4.69) is 85.7 Å². The van der Waals surface area contributed by atoms with Gasteiger partial charge in [-0.05, 0) is 0 Å². The van der Waals surface area contributed by atoms with Gasteiger partial charge in [0.15, 0.2) is 0 Å². The Morgan fingerprint density at radius 1 is 0.698 bits per heavy atom. The molecular weight excluding hydrogens is 805 g/mol. The van der Waals surface area contributed by atoms with E-state index in [1.807, 2.05) is 0 Å². The van der Waals surface area contributed by atoms with E-state index in [9.17, 15) is 26.3 Å². The quantitative estimate of drug-likeness (QED) is 0.175. The summed E-state index contributed by atoms with van der Waals surface area (Å²) < 4.78 is 86.8. The smallest absolute Gasteiger partial charge is 1.00 e. The zero-order valence-corrected chi connectivity index (χ0v) is 35.2. The van der Waals surface area contributed by atoms with Gasteiger partial charge in [0.05, 0.1) is 0 Å². The van der Waals surface area contributed by atoms with Crippen LogP contribution >= 0.6 is 0 Å². The summed E-state index contributed by atoms with van der Waals surface area (Å²) >= 11 is -3.54. The van der Waals surface area contributed by atoms with Crippen molar-refractivity contribution in [3.05, 3.63) is 143 Å². The van der Waals surface area contributed by atoms with Crippen molar-refractivity contribution >= 4 is 6.48 Å². The number of hydrogen-bond acceptors (Lipinski definition) is 0. The van der Waals surface area contributed by atoms with E-state index in [4.69, 9.17) is 0 Å². The molecular formula is C44H44Cl2F6Zr. The van der Waals surface area contributed by atoms with Crippen molar-refractivity contribution in [2.24, 2.45) is 11.3 Å². The van der Waals surface area contributed by atoms with Gasteiger partial charge in [0.25, 0.3) is 0 Å². The van der Waals surface area contributed by atoms with Gasteiger partial charge in [0.1, 0.15) is 0 Å². The number of halogens is 8. The summed E-state index contributed by atoms with van der Waals surface area (Å²) in [6.07, 6.45) is -1.71. The van der Waals surface area contributed by atoms with E-state index in [0.29, 0.717) is 11.1 Å². The Morgan fingerprint density at radius 2 is 1.19 bits per heavy atom. The number of benzene rings is 4. The van der Waals surface area contributed by atoms with Crippen molar-refractivity contribution in [1.82, 2.24) is 0 Å². The van der Waals surface area contributed by atoms with Crippen LogP contribution < -0.4 is 28.1 Å². The van der Waals surface area contributed by atoms with Crippen molar-refractivity contribution < 1.29 is 72.4 Å². The minimum Gasteiger partial charge on any atom is -1.00 e. The van der Waals surface area contributed by atoms with Gasteiger partial charge < -0.3 is 24.8 Å². The van der Waals surface area contributed by atoms with Gasteiger partial charge in [0, 0.05) is 0 Å². The Morgan fingerprint density at radius 3 is 1.66 bits per heavy atom. The first-order valence-corrected chi connectivity index (χ1v) is 21.3. The Hall–Kier alpha value is -2.73. The van der Waals surface area contributed by atoms with E-state index in [1.54, 1.807) is 0 Å². The third kappa shape index (κ3) is 8.43. The summed E-state index contributed by atoms with van der Waals surface area (Å²) in [7, 11) is 0. The Kier molecular flexibility index (Phi) is 12.8. The van der Waals surface area contributed by atoms with Crippen LogP contribution in [-0.4, -0.2) is 3.21 Å². The van der Waals surface area contributed by atoms with Gasteiger partial charge in [-0.3, -0.25) is 0 Å². The number of rotatable bonds is 6. The van der Waals surface area contributed by atoms with Gasteiger partial charge in [0.2, 0.25) is 0 Å². The first-order valence-electron chi connectivity index (χ1n) is 17.6. The van der Waals surface area contributed by atoms with Crippen LogP contribution in [0.5, 0.6) is 0 Å². The number of hydrogen-bond donors (Lipinski definition) is 0. The second-order valence-electron chi connectivity index (χ2n) is 15.3. The molecule has 0 nitrogen and oxygen atoms in total. The summed E-state index contributed by atoms with van der Waals surface area (Å²) in [4.78, 5) is 0. The van der Waals surface area contributed by atoms with Crippen molar-refractivity contribution in [2.75, 3.05) is 0 Å². The van der Waals surface area contributed by atoms with E-state index in [1.165, 1.54) is 75.3 Å². The summed E-state index contributed by atoms with van der Waals surface area (Å²) in [6.45, 7) is 17.3.